The molecule has 0 radical (unpaired) electrons. The maximum Gasteiger partial charge on any atom is 0.118 e. The summed E-state index contributed by atoms with van der Waals surface area (Å²) in [5.74, 6) is 0.920. The summed E-state index contributed by atoms with van der Waals surface area (Å²) in [4.78, 5) is 0. The lowest BCUT2D eigenvalue weighted by molar-refractivity contribution is -0.941. The van der Waals surface area contributed by atoms with Crippen LogP contribution in [-0.4, -0.2) is 30.2 Å². The Hall–Kier alpha value is -0.300. The van der Waals surface area contributed by atoms with E-state index >= 15 is 0 Å². The minimum Gasteiger partial charge on any atom is -0.317 e. The van der Waals surface area contributed by atoms with Crippen molar-refractivity contribution in [3.8, 4) is 0 Å². The second kappa shape index (κ2) is 3.35. The highest BCUT2D eigenvalue weighted by molar-refractivity contribution is 5.29. The third-order valence-electron chi connectivity index (χ3n) is 5.79. The number of hydrogen-bond acceptors (Lipinski definition) is 0. The Morgan fingerprint density at radius 1 is 1.19 bits per heavy atom. The molecule has 16 heavy (non-hydrogen) atoms. The van der Waals surface area contributed by atoms with Crippen LogP contribution in [-0.2, 0) is 0 Å². The van der Waals surface area contributed by atoms with Gasteiger partial charge in [-0.05, 0) is 38.2 Å². The second-order valence-electron chi connectivity index (χ2n) is 6.92. The molecule has 2 aliphatic heterocycles. The molecule has 0 amide bonds. The van der Waals surface area contributed by atoms with E-state index in [0.717, 1.165) is 5.92 Å². The minimum absolute atomic E-state index is 0.507. The minimum atomic E-state index is 0.507. The van der Waals surface area contributed by atoms with E-state index in [2.05, 4.69) is 20.9 Å². The van der Waals surface area contributed by atoms with Gasteiger partial charge in [0.1, 0.15) is 5.54 Å². The third kappa shape index (κ3) is 1.27. The van der Waals surface area contributed by atoms with Gasteiger partial charge >= 0.3 is 0 Å². The van der Waals surface area contributed by atoms with Crippen molar-refractivity contribution in [1.29, 1.82) is 0 Å². The number of hydrogen-bond donors (Lipinski definition) is 0. The summed E-state index contributed by atoms with van der Waals surface area (Å²) >= 11 is 0. The van der Waals surface area contributed by atoms with Gasteiger partial charge < -0.3 is 4.48 Å². The van der Waals surface area contributed by atoms with Crippen LogP contribution in [0.5, 0.6) is 0 Å². The molecule has 2 heterocycles. The maximum atomic E-state index is 2.57. The van der Waals surface area contributed by atoms with Gasteiger partial charge in [-0.1, -0.05) is 12.5 Å². The van der Waals surface area contributed by atoms with Gasteiger partial charge in [-0.2, -0.15) is 0 Å². The second-order valence-corrected chi connectivity index (χ2v) is 6.92. The first-order valence-electron chi connectivity index (χ1n) is 7.11. The molecule has 0 saturated carbocycles. The topological polar surface area (TPSA) is 0 Å². The van der Waals surface area contributed by atoms with Crippen LogP contribution in [0, 0.1) is 5.92 Å². The van der Waals surface area contributed by atoms with Crippen LogP contribution in [0.25, 0.3) is 0 Å². The molecule has 1 fully saturated rings. The zero-order chi connectivity index (χ0) is 11.4. The molecule has 0 spiro atoms. The van der Waals surface area contributed by atoms with Gasteiger partial charge in [0, 0.05) is 18.8 Å². The van der Waals surface area contributed by atoms with Gasteiger partial charge in [-0.15, -0.1) is 0 Å². The van der Waals surface area contributed by atoms with Crippen molar-refractivity contribution in [1.82, 2.24) is 0 Å². The molecular formula is C15H26N+. The Morgan fingerprint density at radius 2 is 1.94 bits per heavy atom. The fourth-order valence-electron chi connectivity index (χ4n) is 4.92. The first kappa shape index (κ1) is 10.8. The van der Waals surface area contributed by atoms with Gasteiger partial charge in [-0.3, -0.25) is 0 Å². The van der Waals surface area contributed by atoms with Crippen LogP contribution < -0.4 is 0 Å². The Kier molecular flexibility index (Phi) is 2.27. The third-order valence-corrected chi connectivity index (χ3v) is 5.79. The van der Waals surface area contributed by atoms with E-state index in [4.69, 9.17) is 0 Å². The molecule has 0 bridgehead atoms. The molecule has 3 aliphatic rings. The molecule has 1 aliphatic carbocycles. The molecule has 1 heteroatoms. The summed E-state index contributed by atoms with van der Waals surface area (Å²) in [6, 6.07) is 0. The van der Waals surface area contributed by atoms with Gasteiger partial charge in [0.2, 0.25) is 0 Å². The van der Waals surface area contributed by atoms with Crippen molar-refractivity contribution >= 4 is 0 Å². The molecule has 90 valence electrons. The van der Waals surface area contributed by atoms with E-state index < -0.39 is 0 Å². The van der Waals surface area contributed by atoms with Crippen molar-refractivity contribution < 1.29 is 4.48 Å². The predicted octanol–water partition coefficient (Wildman–Crippen LogP) is 3.51. The summed E-state index contributed by atoms with van der Waals surface area (Å²) in [5.41, 5.74) is 4.25. The van der Waals surface area contributed by atoms with Crippen molar-refractivity contribution in [2.24, 2.45) is 5.92 Å². The van der Waals surface area contributed by atoms with Gasteiger partial charge in [0.25, 0.3) is 0 Å². The first-order chi connectivity index (χ1) is 7.55. The van der Waals surface area contributed by atoms with Crippen LogP contribution in [0.4, 0.5) is 0 Å². The average Bonchev–Trinajstić information content (AvgIpc) is 2.49. The molecule has 0 unspecified atom stereocenters. The Morgan fingerprint density at radius 3 is 2.75 bits per heavy atom. The maximum absolute atomic E-state index is 2.57. The quantitative estimate of drug-likeness (QED) is 0.433. The molecule has 0 aromatic heterocycles. The summed E-state index contributed by atoms with van der Waals surface area (Å²) in [7, 11) is 2.52. The van der Waals surface area contributed by atoms with Crippen LogP contribution in [0.15, 0.2) is 11.1 Å². The number of likely N-dealkylation sites (N-methyl/N-ethyl adjacent to an activating group) is 1. The summed E-state index contributed by atoms with van der Waals surface area (Å²) in [5, 5.41) is 0. The molecule has 0 aromatic rings. The lowest BCUT2D eigenvalue weighted by Crippen LogP contribution is -2.60. The molecule has 0 N–H and O–H groups in total. The van der Waals surface area contributed by atoms with Crippen molar-refractivity contribution in [3.05, 3.63) is 11.1 Å². The van der Waals surface area contributed by atoms with Crippen molar-refractivity contribution in [2.75, 3.05) is 20.1 Å². The first-order valence-corrected chi connectivity index (χ1v) is 7.11. The van der Waals surface area contributed by atoms with Gasteiger partial charge in [-0.25, -0.2) is 0 Å². The SMILES string of the molecule is C[C@H]1C[C@]2(C)C3=C(CCCC3)CC[N@+]2(C)C1. The molecule has 1 saturated heterocycles. The number of quaternary nitrogens is 1. The van der Waals surface area contributed by atoms with Gasteiger partial charge in [0.05, 0.1) is 20.1 Å². The van der Waals surface area contributed by atoms with E-state index in [0.29, 0.717) is 5.54 Å². The van der Waals surface area contributed by atoms with E-state index in [1.54, 1.807) is 0 Å². The fraction of sp³-hybridized carbons (Fsp3) is 0.867. The molecule has 3 rings (SSSR count). The Bertz CT molecular complexity index is 343. The molecule has 0 aromatic carbocycles. The van der Waals surface area contributed by atoms with Crippen LogP contribution in [0.1, 0.15) is 52.4 Å². The monoisotopic (exact) mass is 220 g/mol. The molecular weight excluding hydrogens is 194 g/mol. The Balaban J connectivity index is 2.06. The van der Waals surface area contributed by atoms with E-state index in [1.165, 1.54) is 56.1 Å². The number of rotatable bonds is 0. The van der Waals surface area contributed by atoms with Crippen LogP contribution in [0.3, 0.4) is 0 Å². The zero-order valence-electron chi connectivity index (χ0n) is 11.2. The molecule has 3 atom stereocenters. The summed E-state index contributed by atoms with van der Waals surface area (Å²) in [6.07, 6.45) is 8.55. The van der Waals surface area contributed by atoms with Crippen molar-refractivity contribution in [2.45, 2.75) is 57.9 Å². The lowest BCUT2D eigenvalue weighted by Gasteiger charge is -2.51. The van der Waals surface area contributed by atoms with Crippen molar-refractivity contribution in [3.63, 3.8) is 0 Å². The number of fused-ring (bicyclic) bond motifs is 2. The van der Waals surface area contributed by atoms with Crippen LogP contribution in [0.2, 0.25) is 0 Å². The van der Waals surface area contributed by atoms with E-state index in [1.807, 2.05) is 11.1 Å². The zero-order valence-corrected chi connectivity index (χ0v) is 11.2. The smallest absolute Gasteiger partial charge is 0.118 e. The van der Waals surface area contributed by atoms with Crippen LogP contribution >= 0.6 is 0 Å². The number of nitrogens with zero attached hydrogens (tertiary/aromatic N) is 1. The highest BCUT2D eigenvalue weighted by atomic mass is 15.4. The Labute approximate surface area is 100 Å². The lowest BCUT2D eigenvalue weighted by atomic mass is 9.73. The highest BCUT2D eigenvalue weighted by Gasteiger charge is 2.56. The largest absolute Gasteiger partial charge is 0.317 e. The standard InChI is InChI=1S/C15H26N/c1-12-10-15(2)14-7-5-4-6-13(14)8-9-16(15,3)11-12/h12H,4-11H2,1-3H3/q+1/t12-,15+,16+/m0/s1. The average molecular weight is 220 g/mol. The van der Waals surface area contributed by atoms with Gasteiger partial charge in [0.15, 0.2) is 0 Å². The molecule has 1 nitrogen and oxygen atoms in total. The summed E-state index contributed by atoms with van der Waals surface area (Å²) < 4.78 is 1.34. The highest BCUT2D eigenvalue weighted by Crippen LogP contribution is 2.51. The van der Waals surface area contributed by atoms with E-state index in [-0.39, 0.29) is 0 Å². The fourth-order valence-corrected chi connectivity index (χ4v) is 4.92. The van der Waals surface area contributed by atoms with E-state index in [9.17, 15) is 0 Å². The predicted molar refractivity (Wildman–Crippen MR) is 68.2 cm³/mol. The summed E-state index contributed by atoms with van der Waals surface area (Å²) in [6.45, 7) is 7.83. The normalized spacial score (nSPS) is 47.8.